The number of benzene rings is 2. The lowest BCUT2D eigenvalue weighted by Gasteiger charge is -2.03. The molecule has 5 heteroatoms. The van der Waals surface area contributed by atoms with E-state index in [2.05, 4.69) is 15.9 Å². The second-order valence-corrected chi connectivity index (χ2v) is 8.21. The molecule has 0 N–H and O–H groups in total. The number of hydrogen-bond donors (Lipinski definition) is 0. The first-order chi connectivity index (χ1) is 9.38. The highest BCUT2D eigenvalue weighted by Crippen LogP contribution is 2.26. The Morgan fingerprint density at radius 1 is 1.05 bits per heavy atom. The van der Waals surface area contributed by atoms with Gasteiger partial charge in [-0.1, -0.05) is 45.8 Å². The summed E-state index contributed by atoms with van der Waals surface area (Å²) in [6.45, 7) is 1.93. The third-order valence-corrected chi connectivity index (χ3v) is 6.09. The van der Waals surface area contributed by atoms with E-state index >= 15 is 0 Å². The third-order valence-electron chi connectivity index (χ3n) is 2.73. The van der Waals surface area contributed by atoms with Crippen molar-refractivity contribution in [2.75, 3.05) is 0 Å². The highest BCUT2D eigenvalue weighted by atomic mass is 127. The van der Waals surface area contributed by atoms with E-state index in [1.807, 2.05) is 53.8 Å². The minimum absolute atomic E-state index is 0.314. The molecule has 0 fully saturated rings. The van der Waals surface area contributed by atoms with Crippen molar-refractivity contribution in [3.05, 3.63) is 69.5 Å². The fourth-order valence-corrected chi connectivity index (χ4v) is 4.30. The zero-order valence-corrected chi connectivity index (χ0v) is 15.2. The molecule has 0 aromatic heterocycles. The first kappa shape index (κ1) is 15.7. The maximum Gasteiger partial charge on any atom is 0.200 e. The zero-order valence-electron chi connectivity index (χ0n) is 10.7. The van der Waals surface area contributed by atoms with Crippen LogP contribution in [0.1, 0.15) is 11.1 Å². The van der Waals surface area contributed by atoms with Crippen LogP contribution in [0.2, 0.25) is 0 Å². The summed E-state index contributed by atoms with van der Waals surface area (Å²) >= 11 is 5.40. The van der Waals surface area contributed by atoms with Crippen molar-refractivity contribution in [3.8, 4) is 0 Å². The molecule has 104 valence electrons. The summed E-state index contributed by atoms with van der Waals surface area (Å²) in [5.41, 5.74) is 1.92. The standard InChI is InChI=1S/C15H12BrIO2S/c1-11-2-8-14(9-3-11)20(18,19)10-15(17)12-4-6-13(16)7-5-12/h2-10H,1H3/b15-10+. The predicted octanol–water partition coefficient (Wildman–Crippen LogP) is 4.96. The fourth-order valence-electron chi connectivity index (χ4n) is 1.61. The zero-order chi connectivity index (χ0) is 14.8. The molecule has 0 saturated heterocycles. The number of rotatable bonds is 3. The molecule has 2 aromatic carbocycles. The quantitative estimate of drug-likeness (QED) is 0.604. The van der Waals surface area contributed by atoms with Crippen molar-refractivity contribution in [2.24, 2.45) is 0 Å². The topological polar surface area (TPSA) is 34.1 Å². The van der Waals surface area contributed by atoms with Crippen LogP contribution in [0.4, 0.5) is 0 Å². The van der Waals surface area contributed by atoms with Crippen molar-refractivity contribution in [3.63, 3.8) is 0 Å². The fraction of sp³-hybridized carbons (Fsp3) is 0.0667. The summed E-state index contributed by atoms with van der Waals surface area (Å²) < 4.78 is 26.3. The average molecular weight is 463 g/mol. The number of hydrogen-bond acceptors (Lipinski definition) is 2. The molecular formula is C15H12BrIO2S. The lowest BCUT2D eigenvalue weighted by Crippen LogP contribution is -1.97. The van der Waals surface area contributed by atoms with Gasteiger partial charge in [-0.2, -0.15) is 0 Å². The van der Waals surface area contributed by atoms with E-state index < -0.39 is 9.84 Å². The van der Waals surface area contributed by atoms with Gasteiger partial charge in [0.1, 0.15) is 0 Å². The van der Waals surface area contributed by atoms with E-state index in [1.165, 1.54) is 5.41 Å². The first-order valence-corrected chi connectivity index (χ1v) is 9.25. The van der Waals surface area contributed by atoms with Crippen LogP contribution in [0, 0.1) is 6.92 Å². The Balaban J connectivity index is 2.37. The molecule has 0 saturated carbocycles. The van der Waals surface area contributed by atoms with Gasteiger partial charge in [0.25, 0.3) is 0 Å². The molecule has 0 aliphatic carbocycles. The van der Waals surface area contributed by atoms with Gasteiger partial charge in [-0.15, -0.1) is 0 Å². The highest BCUT2D eigenvalue weighted by molar-refractivity contribution is 14.1. The van der Waals surface area contributed by atoms with E-state index in [-0.39, 0.29) is 0 Å². The number of halogens is 2. The Bertz CT molecular complexity index is 732. The van der Waals surface area contributed by atoms with E-state index in [0.717, 1.165) is 15.6 Å². The van der Waals surface area contributed by atoms with Crippen molar-refractivity contribution >= 4 is 51.9 Å². The second kappa shape index (κ2) is 6.41. The predicted molar refractivity (Wildman–Crippen MR) is 94.5 cm³/mol. The molecule has 0 bridgehead atoms. The molecule has 2 rings (SSSR count). The molecule has 20 heavy (non-hydrogen) atoms. The molecule has 0 spiro atoms. The summed E-state index contributed by atoms with van der Waals surface area (Å²) in [7, 11) is -3.42. The second-order valence-electron chi connectivity index (χ2n) is 4.33. The molecule has 0 aliphatic heterocycles. The molecule has 0 heterocycles. The van der Waals surface area contributed by atoms with E-state index in [1.54, 1.807) is 24.3 Å². The highest BCUT2D eigenvalue weighted by Gasteiger charge is 2.12. The summed E-state index contributed by atoms with van der Waals surface area (Å²) in [6, 6.07) is 14.4. The van der Waals surface area contributed by atoms with Crippen LogP contribution in [0.25, 0.3) is 3.58 Å². The Kier molecular flexibility index (Phi) is 5.04. The van der Waals surface area contributed by atoms with Gasteiger partial charge in [-0.25, -0.2) is 8.42 Å². The van der Waals surface area contributed by atoms with Gasteiger partial charge in [-0.3, -0.25) is 0 Å². The Labute approximate surface area is 141 Å². The molecule has 0 amide bonds. The van der Waals surface area contributed by atoms with E-state index in [0.29, 0.717) is 8.48 Å². The van der Waals surface area contributed by atoms with Gasteiger partial charge in [0.2, 0.25) is 9.84 Å². The third kappa shape index (κ3) is 3.93. The Morgan fingerprint density at radius 3 is 2.15 bits per heavy atom. The normalized spacial score (nSPS) is 12.4. The molecule has 2 aromatic rings. The van der Waals surface area contributed by atoms with Crippen LogP contribution < -0.4 is 0 Å². The molecule has 0 aliphatic rings. The number of aryl methyl sites for hydroxylation is 1. The van der Waals surface area contributed by atoms with Crippen LogP contribution in [0.3, 0.4) is 0 Å². The van der Waals surface area contributed by atoms with Crippen LogP contribution in [-0.2, 0) is 9.84 Å². The summed E-state index contributed by atoms with van der Waals surface area (Å²) in [4.78, 5) is 0.314. The van der Waals surface area contributed by atoms with Gasteiger partial charge in [0.15, 0.2) is 0 Å². The Hall–Kier alpha value is -0.660. The minimum atomic E-state index is -3.42. The molecule has 0 unspecified atom stereocenters. The minimum Gasteiger partial charge on any atom is -0.219 e. The van der Waals surface area contributed by atoms with Crippen molar-refractivity contribution in [2.45, 2.75) is 11.8 Å². The lowest BCUT2D eigenvalue weighted by molar-refractivity contribution is 0.605. The molecule has 0 atom stereocenters. The molecule has 0 radical (unpaired) electrons. The van der Waals surface area contributed by atoms with E-state index in [4.69, 9.17) is 0 Å². The van der Waals surface area contributed by atoms with Crippen LogP contribution in [0.15, 0.2) is 63.3 Å². The average Bonchev–Trinajstić information content (AvgIpc) is 2.39. The van der Waals surface area contributed by atoms with Crippen molar-refractivity contribution < 1.29 is 8.42 Å². The molecular weight excluding hydrogens is 451 g/mol. The first-order valence-electron chi connectivity index (χ1n) is 5.83. The maximum atomic E-state index is 12.3. The van der Waals surface area contributed by atoms with Gasteiger partial charge < -0.3 is 0 Å². The van der Waals surface area contributed by atoms with E-state index in [9.17, 15) is 8.42 Å². The monoisotopic (exact) mass is 462 g/mol. The van der Waals surface area contributed by atoms with Crippen LogP contribution in [-0.4, -0.2) is 8.42 Å². The summed E-state index contributed by atoms with van der Waals surface area (Å²) in [6.07, 6.45) is 0. The molecule has 2 nitrogen and oxygen atoms in total. The largest absolute Gasteiger partial charge is 0.219 e. The lowest BCUT2D eigenvalue weighted by atomic mass is 10.2. The SMILES string of the molecule is Cc1ccc(S(=O)(=O)/C=C(/I)c2ccc(Br)cc2)cc1. The van der Waals surface area contributed by atoms with Gasteiger partial charge in [0.05, 0.1) is 4.90 Å². The Morgan fingerprint density at radius 2 is 1.60 bits per heavy atom. The van der Waals surface area contributed by atoms with Crippen LogP contribution in [0.5, 0.6) is 0 Å². The summed E-state index contributed by atoms with van der Waals surface area (Å²) in [5, 5.41) is 1.31. The van der Waals surface area contributed by atoms with Gasteiger partial charge >= 0.3 is 0 Å². The summed E-state index contributed by atoms with van der Waals surface area (Å²) in [5.74, 6) is 0. The maximum absolute atomic E-state index is 12.3. The van der Waals surface area contributed by atoms with Crippen molar-refractivity contribution in [1.82, 2.24) is 0 Å². The van der Waals surface area contributed by atoms with Gasteiger partial charge in [-0.05, 0) is 59.3 Å². The van der Waals surface area contributed by atoms with Gasteiger partial charge in [0, 0.05) is 13.5 Å². The van der Waals surface area contributed by atoms with Crippen LogP contribution >= 0.6 is 38.5 Å². The smallest absolute Gasteiger partial charge is 0.200 e. The number of sulfone groups is 1. The van der Waals surface area contributed by atoms with Crippen molar-refractivity contribution in [1.29, 1.82) is 0 Å².